The topological polar surface area (TPSA) is 61.4 Å². The van der Waals surface area contributed by atoms with Crippen molar-refractivity contribution in [2.24, 2.45) is 5.92 Å². The molecule has 1 aliphatic carbocycles. The maximum absolute atomic E-state index is 9.24. The number of hydrogen-bond donors (Lipinski definition) is 2. The number of carbonyl (C=O) groups is 1. The fraction of sp³-hybridized carbons (Fsp3) is 0.640. The molecule has 1 atom stereocenters. The van der Waals surface area contributed by atoms with Gasteiger partial charge in [-0.1, -0.05) is 63.4 Å². The van der Waals surface area contributed by atoms with Crippen molar-refractivity contribution in [3.63, 3.8) is 0 Å². The predicted molar refractivity (Wildman–Crippen MR) is 125 cm³/mol. The summed E-state index contributed by atoms with van der Waals surface area (Å²) in [6.07, 6.45) is 8.17. The lowest BCUT2D eigenvalue weighted by atomic mass is 9.77. The second kappa shape index (κ2) is 15.8. The second-order valence-corrected chi connectivity index (χ2v) is 8.33. The SMILES string of the molecule is CCC1CC(N2CCNCC2)C1.CCCC(C)c1ccc(C)cc1.O=C=CNC=O. The summed E-state index contributed by atoms with van der Waals surface area (Å²) in [5.74, 6) is 3.12. The summed E-state index contributed by atoms with van der Waals surface area (Å²) in [5, 5.41) is 5.37. The summed E-state index contributed by atoms with van der Waals surface area (Å²) in [6, 6.07) is 9.82. The molecule has 5 heteroatoms. The summed E-state index contributed by atoms with van der Waals surface area (Å²) < 4.78 is 0. The van der Waals surface area contributed by atoms with E-state index in [4.69, 9.17) is 4.79 Å². The molecule has 1 saturated carbocycles. The third-order valence-electron chi connectivity index (χ3n) is 6.03. The number of rotatable bonds is 7. The van der Waals surface area contributed by atoms with Gasteiger partial charge in [-0.25, -0.2) is 4.79 Å². The van der Waals surface area contributed by atoms with E-state index in [1.54, 1.807) is 0 Å². The van der Waals surface area contributed by atoms with Gasteiger partial charge in [0, 0.05) is 32.2 Å². The van der Waals surface area contributed by atoms with Crippen LogP contribution in [0.2, 0.25) is 0 Å². The third-order valence-corrected chi connectivity index (χ3v) is 6.03. The molecular weight excluding hydrogens is 374 g/mol. The largest absolute Gasteiger partial charge is 0.326 e. The van der Waals surface area contributed by atoms with Gasteiger partial charge in [0.2, 0.25) is 6.41 Å². The summed E-state index contributed by atoms with van der Waals surface area (Å²) in [4.78, 5) is 21.1. The van der Waals surface area contributed by atoms with E-state index < -0.39 is 0 Å². The lowest BCUT2D eigenvalue weighted by molar-refractivity contribution is -0.108. The van der Waals surface area contributed by atoms with Crippen LogP contribution in [0.5, 0.6) is 0 Å². The van der Waals surface area contributed by atoms with Crippen LogP contribution in [0.1, 0.15) is 69.9 Å². The zero-order chi connectivity index (χ0) is 22.2. The highest BCUT2D eigenvalue weighted by atomic mass is 16.1. The Morgan fingerprint density at radius 2 is 1.83 bits per heavy atom. The number of hydrogen-bond acceptors (Lipinski definition) is 4. The van der Waals surface area contributed by atoms with E-state index in [1.165, 1.54) is 75.4 Å². The molecule has 3 rings (SSSR count). The average molecular weight is 416 g/mol. The summed E-state index contributed by atoms with van der Waals surface area (Å²) >= 11 is 0. The van der Waals surface area contributed by atoms with Crippen LogP contribution in [-0.2, 0) is 9.59 Å². The zero-order valence-electron chi connectivity index (χ0n) is 19.3. The molecule has 0 radical (unpaired) electrons. The monoisotopic (exact) mass is 415 g/mol. The van der Waals surface area contributed by atoms with E-state index in [0.29, 0.717) is 6.41 Å². The minimum absolute atomic E-state index is 0.394. The Bertz CT molecular complexity index is 614. The molecule has 1 aromatic carbocycles. The fourth-order valence-electron chi connectivity index (χ4n) is 3.94. The molecule has 2 aliphatic rings. The second-order valence-electron chi connectivity index (χ2n) is 8.33. The van der Waals surface area contributed by atoms with Crippen molar-refractivity contribution in [3.8, 4) is 0 Å². The van der Waals surface area contributed by atoms with Crippen LogP contribution in [0.15, 0.2) is 30.5 Å². The highest BCUT2D eigenvalue weighted by molar-refractivity contribution is 5.55. The van der Waals surface area contributed by atoms with Gasteiger partial charge >= 0.3 is 0 Å². The van der Waals surface area contributed by atoms with Crippen LogP contribution in [0.4, 0.5) is 0 Å². The molecule has 30 heavy (non-hydrogen) atoms. The van der Waals surface area contributed by atoms with Gasteiger partial charge in [-0.15, -0.1) is 0 Å². The Kier molecular flexibility index (Phi) is 13.8. The van der Waals surface area contributed by atoms with Crippen molar-refractivity contribution >= 4 is 12.4 Å². The van der Waals surface area contributed by atoms with Crippen molar-refractivity contribution in [1.29, 1.82) is 0 Å². The number of benzene rings is 1. The Morgan fingerprint density at radius 3 is 2.30 bits per heavy atom. The first kappa shape index (κ1) is 26.1. The van der Waals surface area contributed by atoms with Crippen molar-refractivity contribution in [2.45, 2.75) is 71.8 Å². The first-order valence-electron chi connectivity index (χ1n) is 11.5. The Hall–Kier alpha value is -1.94. The molecule has 1 aromatic rings. The van der Waals surface area contributed by atoms with Gasteiger partial charge in [-0.3, -0.25) is 9.69 Å². The molecule has 1 saturated heterocycles. The smallest absolute Gasteiger partial charge is 0.211 e. The summed E-state index contributed by atoms with van der Waals surface area (Å²) in [7, 11) is 0. The third kappa shape index (κ3) is 10.2. The van der Waals surface area contributed by atoms with Crippen molar-refractivity contribution in [3.05, 3.63) is 41.6 Å². The molecule has 1 unspecified atom stereocenters. The number of nitrogens with zero attached hydrogens (tertiary/aromatic N) is 1. The van der Waals surface area contributed by atoms with E-state index in [2.05, 4.69) is 62.2 Å². The fourth-order valence-corrected chi connectivity index (χ4v) is 3.94. The number of piperazine rings is 1. The molecule has 1 amide bonds. The van der Waals surface area contributed by atoms with E-state index in [9.17, 15) is 4.79 Å². The minimum Gasteiger partial charge on any atom is -0.326 e. The average Bonchev–Trinajstić information content (AvgIpc) is 2.74. The van der Waals surface area contributed by atoms with Crippen molar-refractivity contribution in [2.75, 3.05) is 26.2 Å². The zero-order valence-corrected chi connectivity index (χ0v) is 19.3. The van der Waals surface area contributed by atoms with Gasteiger partial charge in [0.05, 0.1) is 6.20 Å². The molecule has 168 valence electrons. The van der Waals surface area contributed by atoms with Crippen molar-refractivity contribution in [1.82, 2.24) is 15.5 Å². The van der Waals surface area contributed by atoms with E-state index in [-0.39, 0.29) is 0 Å². The van der Waals surface area contributed by atoms with Gasteiger partial charge in [0.15, 0.2) is 0 Å². The van der Waals surface area contributed by atoms with Gasteiger partial charge in [0.25, 0.3) is 0 Å². The first-order chi connectivity index (χ1) is 14.5. The number of amides is 1. The molecule has 2 fully saturated rings. The van der Waals surface area contributed by atoms with E-state index >= 15 is 0 Å². The van der Waals surface area contributed by atoms with E-state index in [1.807, 2.05) is 5.32 Å². The molecule has 0 bridgehead atoms. The quantitative estimate of drug-likeness (QED) is 0.521. The van der Waals surface area contributed by atoms with Gasteiger partial charge < -0.3 is 10.6 Å². The van der Waals surface area contributed by atoms with Crippen molar-refractivity contribution < 1.29 is 9.59 Å². The first-order valence-corrected chi connectivity index (χ1v) is 11.5. The highest BCUT2D eigenvalue weighted by Gasteiger charge is 2.32. The Balaban J connectivity index is 0.000000240. The Morgan fingerprint density at radius 1 is 1.20 bits per heavy atom. The standard InChI is InChI=1S/C12H18.C10H20N2.C3H3NO2/c1-4-5-11(3)12-8-6-10(2)7-9-12;1-2-9-7-10(8-9)12-5-3-11-4-6-12;5-2-1-4-3-6/h6-9,11H,4-5H2,1-3H3;9-11H,2-8H2,1H3;1,3H,(H,4,6). The lowest BCUT2D eigenvalue weighted by Crippen LogP contribution is -2.52. The van der Waals surface area contributed by atoms with Gasteiger partial charge in [-0.2, -0.15) is 0 Å². The highest BCUT2D eigenvalue weighted by Crippen LogP contribution is 2.33. The molecule has 0 aromatic heterocycles. The summed E-state index contributed by atoms with van der Waals surface area (Å²) in [5.41, 5.74) is 2.82. The van der Waals surface area contributed by atoms with Crippen LogP contribution in [0.3, 0.4) is 0 Å². The van der Waals surface area contributed by atoms with Crippen LogP contribution in [0, 0.1) is 12.8 Å². The number of aryl methyl sites for hydroxylation is 1. The van der Waals surface area contributed by atoms with Gasteiger partial charge in [-0.05, 0) is 43.6 Å². The summed E-state index contributed by atoms with van der Waals surface area (Å²) in [6.45, 7) is 14.0. The van der Waals surface area contributed by atoms with Crippen LogP contribution < -0.4 is 10.6 Å². The molecule has 2 N–H and O–H groups in total. The molecular formula is C25H41N3O2. The Labute approximate surface area is 183 Å². The van der Waals surface area contributed by atoms with Crippen LogP contribution in [0.25, 0.3) is 0 Å². The minimum atomic E-state index is 0.394. The maximum atomic E-state index is 9.24. The number of nitrogens with one attached hydrogen (secondary N) is 2. The molecule has 1 aliphatic heterocycles. The lowest BCUT2D eigenvalue weighted by Gasteiger charge is -2.44. The predicted octanol–water partition coefficient (Wildman–Crippen LogP) is 4.06. The molecule has 0 spiro atoms. The van der Waals surface area contributed by atoms with Crippen LogP contribution in [-0.4, -0.2) is 49.5 Å². The van der Waals surface area contributed by atoms with E-state index in [0.717, 1.165) is 24.1 Å². The maximum Gasteiger partial charge on any atom is 0.211 e. The molecule has 1 heterocycles. The van der Waals surface area contributed by atoms with Crippen LogP contribution >= 0.6 is 0 Å². The molecule has 5 nitrogen and oxygen atoms in total. The number of carbonyl (C=O) groups excluding carboxylic acids is 2. The normalized spacial score (nSPS) is 21.3. The van der Waals surface area contributed by atoms with Gasteiger partial charge in [0.1, 0.15) is 5.94 Å².